The van der Waals surface area contributed by atoms with Crippen molar-refractivity contribution < 1.29 is 9.53 Å². The Morgan fingerprint density at radius 1 is 1.06 bits per heavy atom. The quantitative estimate of drug-likeness (QED) is 0.684. The van der Waals surface area contributed by atoms with Crippen molar-refractivity contribution in [1.82, 2.24) is 24.1 Å². The number of likely N-dealkylation sites (tertiary alicyclic amines) is 2. The molecule has 2 aromatic heterocycles. The van der Waals surface area contributed by atoms with E-state index in [1.807, 2.05) is 4.90 Å². The average molecular weight is 446 g/mol. The zero-order chi connectivity index (χ0) is 21.0. The Kier molecular flexibility index (Phi) is 6.88. The molecule has 7 nitrogen and oxygen atoms in total. The molecular weight excluding hydrogens is 410 g/mol. The molecule has 8 heteroatoms. The van der Waals surface area contributed by atoms with E-state index in [2.05, 4.69) is 25.8 Å². The van der Waals surface area contributed by atoms with Gasteiger partial charge >= 0.3 is 0 Å². The number of hydrogen-bond donors (Lipinski definition) is 0. The molecule has 3 saturated heterocycles. The predicted octanol–water partition coefficient (Wildman–Crippen LogP) is 3.10. The maximum atomic E-state index is 13.4. The molecule has 0 radical (unpaired) electrons. The molecule has 0 saturated carbocycles. The summed E-state index contributed by atoms with van der Waals surface area (Å²) in [7, 11) is 0. The van der Waals surface area contributed by atoms with Crippen molar-refractivity contribution in [3.05, 3.63) is 23.0 Å². The van der Waals surface area contributed by atoms with Gasteiger partial charge in [0.05, 0.1) is 18.9 Å². The lowest BCUT2D eigenvalue weighted by molar-refractivity contribution is 0.0301. The highest BCUT2D eigenvalue weighted by molar-refractivity contribution is 7.15. The van der Waals surface area contributed by atoms with Gasteiger partial charge in [-0.1, -0.05) is 6.42 Å². The second-order valence-corrected chi connectivity index (χ2v) is 10.1. The normalized spacial score (nSPS) is 24.1. The van der Waals surface area contributed by atoms with Crippen LogP contribution in [0.5, 0.6) is 0 Å². The number of aromatic nitrogens is 2. The largest absolute Gasteiger partial charge is 0.379 e. The number of carbonyl (C=O) groups excluding carboxylic acids is 1. The van der Waals surface area contributed by atoms with E-state index in [0.29, 0.717) is 11.7 Å². The fourth-order valence-electron chi connectivity index (χ4n) is 5.35. The minimum atomic E-state index is 0.132. The number of morpholine rings is 1. The van der Waals surface area contributed by atoms with Crippen LogP contribution in [0.2, 0.25) is 0 Å². The van der Waals surface area contributed by atoms with Crippen LogP contribution in [-0.2, 0) is 11.3 Å². The van der Waals surface area contributed by atoms with E-state index in [4.69, 9.17) is 9.72 Å². The zero-order valence-electron chi connectivity index (χ0n) is 18.5. The van der Waals surface area contributed by atoms with Crippen molar-refractivity contribution in [1.29, 1.82) is 0 Å². The Balaban J connectivity index is 1.32. The molecular formula is C23H35N5O2S. The van der Waals surface area contributed by atoms with Crippen molar-refractivity contribution in [2.24, 2.45) is 0 Å². The van der Waals surface area contributed by atoms with Crippen LogP contribution in [0.25, 0.3) is 4.96 Å². The standard InChI is InChI=1S/C23H35N5O2S/c29-22(26-8-3-1-4-9-26)21-20(28-14-17-31-23(28)24-21)18-27-10-5-2-6-19(27)7-11-25-12-15-30-16-13-25/h14,17,19H,1-13,15-16,18H2/t19-/m1/s1. The summed E-state index contributed by atoms with van der Waals surface area (Å²) in [4.78, 5) is 26.3. The smallest absolute Gasteiger partial charge is 0.274 e. The number of fused-ring (bicyclic) bond motifs is 1. The molecule has 5 heterocycles. The number of carbonyl (C=O) groups is 1. The van der Waals surface area contributed by atoms with Gasteiger partial charge in [0.2, 0.25) is 0 Å². The molecule has 5 rings (SSSR count). The summed E-state index contributed by atoms with van der Waals surface area (Å²) in [5, 5.41) is 2.08. The molecule has 0 unspecified atom stereocenters. The van der Waals surface area contributed by atoms with Gasteiger partial charge in [0.25, 0.3) is 5.91 Å². The van der Waals surface area contributed by atoms with E-state index in [-0.39, 0.29) is 5.91 Å². The molecule has 0 N–H and O–H groups in total. The van der Waals surface area contributed by atoms with Gasteiger partial charge < -0.3 is 9.64 Å². The van der Waals surface area contributed by atoms with E-state index in [0.717, 1.165) is 82.5 Å². The lowest BCUT2D eigenvalue weighted by Gasteiger charge is -2.37. The average Bonchev–Trinajstić information content (AvgIpc) is 3.42. The van der Waals surface area contributed by atoms with Crippen LogP contribution in [0.4, 0.5) is 0 Å². The first-order chi connectivity index (χ1) is 15.3. The number of ether oxygens (including phenoxy) is 1. The van der Waals surface area contributed by atoms with Gasteiger partial charge in [-0.15, -0.1) is 11.3 Å². The van der Waals surface area contributed by atoms with Gasteiger partial charge in [0, 0.05) is 50.3 Å². The fraction of sp³-hybridized carbons (Fsp3) is 0.739. The number of nitrogens with zero attached hydrogens (tertiary/aromatic N) is 5. The molecule has 3 aliphatic rings. The highest BCUT2D eigenvalue weighted by atomic mass is 32.1. The number of hydrogen-bond acceptors (Lipinski definition) is 6. The molecule has 0 spiro atoms. The van der Waals surface area contributed by atoms with Crippen molar-refractivity contribution in [3.8, 4) is 0 Å². The second kappa shape index (κ2) is 9.98. The van der Waals surface area contributed by atoms with E-state index >= 15 is 0 Å². The van der Waals surface area contributed by atoms with Crippen LogP contribution in [0.1, 0.15) is 61.1 Å². The lowest BCUT2D eigenvalue weighted by Crippen LogP contribution is -2.44. The molecule has 0 bridgehead atoms. The Bertz CT molecular complexity index is 869. The maximum absolute atomic E-state index is 13.4. The Labute approximate surface area is 189 Å². The number of imidazole rings is 1. The number of piperidine rings is 2. The van der Waals surface area contributed by atoms with Crippen LogP contribution < -0.4 is 0 Å². The lowest BCUT2D eigenvalue weighted by atomic mass is 9.98. The van der Waals surface area contributed by atoms with E-state index < -0.39 is 0 Å². The summed E-state index contributed by atoms with van der Waals surface area (Å²) < 4.78 is 7.67. The van der Waals surface area contributed by atoms with Crippen molar-refractivity contribution in [3.63, 3.8) is 0 Å². The van der Waals surface area contributed by atoms with Crippen LogP contribution in [-0.4, -0.2) is 88.5 Å². The second-order valence-electron chi connectivity index (χ2n) is 9.18. The fourth-order valence-corrected chi connectivity index (χ4v) is 6.08. The molecule has 2 aromatic rings. The van der Waals surface area contributed by atoms with E-state index in [1.165, 1.54) is 32.1 Å². The van der Waals surface area contributed by atoms with Crippen LogP contribution in [0, 0.1) is 0 Å². The highest BCUT2D eigenvalue weighted by Gasteiger charge is 2.29. The SMILES string of the molecule is O=C(c1nc2sccn2c1CN1CCCC[C@@H]1CCN1CCOCC1)N1CCCCC1. The van der Waals surface area contributed by atoms with Crippen molar-refractivity contribution >= 4 is 22.2 Å². The first-order valence-electron chi connectivity index (χ1n) is 12.1. The number of thiazole rings is 1. The van der Waals surface area contributed by atoms with Gasteiger partial charge in [0.15, 0.2) is 10.7 Å². The summed E-state index contributed by atoms with van der Waals surface area (Å²) in [5.74, 6) is 0.132. The third-order valence-corrected chi connectivity index (χ3v) is 7.95. The summed E-state index contributed by atoms with van der Waals surface area (Å²) >= 11 is 1.62. The summed E-state index contributed by atoms with van der Waals surface area (Å²) in [6.07, 6.45) is 10.5. The first kappa shape index (κ1) is 21.4. The topological polar surface area (TPSA) is 53.3 Å². The molecule has 3 fully saturated rings. The monoisotopic (exact) mass is 445 g/mol. The molecule has 1 atom stereocenters. The van der Waals surface area contributed by atoms with E-state index in [1.54, 1.807) is 11.3 Å². The molecule has 0 aromatic carbocycles. The minimum absolute atomic E-state index is 0.132. The third kappa shape index (κ3) is 4.82. The number of amides is 1. The minimum Gasteiger partial charge on any atom is -0.379 e. The van der Waals surface area contributed by atoms with Gasteiger partial charge in [-0.3, -0.25) is 19.0 Å². The third-order valence-electron chi connectivity index (χ3n) is 7.19. The van der Waals surface area contributed by atoms with Gasteiger partial charge in [-0.25, -0.2) is 4.98 Å². The molecule has 31 heavy (non-hydrogen) atoms. The van der Waals surface area contributed by atoms with Crippen LogP contribution in [0.3, 0.4) is 0 Å². The Hall–Kier alpha value is -1.48. The van der Waals surface area contributed by atoms with Crippen molar-refractivity contribution in [2.45, 2.75) is 57.5 Å². The van der Waals surface area contributed by atoms with E-state index in [9.17, 15) is 4.79 Å². The molecule has 0 aliphatic carbocycles. The molecule has 1 amide bonds. The van der Waals surface area contributed by atoms with Gasteiger partial charge in [-0.05, 0) is 51.6 Å². The predicted molar refractivity (Wildman–Crippen MR) is 123 cm³/mol. The summed E-state index contributed by atoms with van der Waals surface area (Å²) in [6, 6.07) is 0.582. The Morgan fingerprint density at radius 2 is 1.87 bits per heavy atom. The number of rotatable bonds is 6. The zero-order valence-corrected chi connectivity index (χ0v) is 19.3. The van der Waals surface area contributed by atoms with Crippen LogP contribution in [0.15, 0.2) is 11.6 Å². The maximum Gasteiger partial charge on any atom is 0.274 e. The first-order valence-corrected chi connectivity index (χ1v) is 13.0. The Morgan fingerprint density at radius 3 is 2.71 bits per heavy atom. The van der Waals surface area contributed by atoms with Gasteiger partial charge in [-0.2, -0.15) is 0 Å². The summed E-state index contributed by atoms with van der Waals surface area (Å²) in [5.41, 5.74) is 1.77. The van der Waals surface area contributed by atoms with Crippen molar-refractivity contribution in [2.75, 3.05) is 52.5 Å². The summed E-state index contributed by atoms with van der Waals surface area (Å²) in [6.45, 7) is 8.65. The molecule has 3 aliphatic heterocycles. The van der Waals surface area contributed by atoms with Crippen LogP contribution >= 0.6 is 11.3 Å². The van der Waals surface area contributed by atoms with Gasteiger partial charge in [0.1, 0.15) is 0 Å². The highest BCUT2D eigenvalue weighted by Crippen LogP contribution is 2.26. The molecule has 170 valence electrons.